The molecule has 1 saturated heterocycles. The molecule has 1 nitrogen and oxygen atoms in total. The van der Waals surface area contributed by atoms with E-state index in [4.69, 9.17) is 0 Å². The van der Waals surface area contributed by atoms with Gasteiger partial charge in [0.05, 0.1) is 0 Å². The Hall–Kier alpha value is -0.0400. The van der Waals surface area contributed by atoms with Crippen molar-refractivity contribution in [2.75, 3.05) is 13.1 Å². The normalized spacial score (nSPS) is 47.8. The zero-order valence-corrected chi connectivity index (χ0v) is 11.2. The van der Waals surface area contributed by atoms with Crippen LogP contribution in [0.4, 0.5) is 0 Å². The molecular weight excluding hydrogens is 206 g/mol. The van der Waals surface area contributed by atoms with Gasteiger partial charge in [0.25, 0.3) is 0 Å². The Kier molecular flexibility index (Phi) is 2.54. The summed E-state index contributed by atoms with van der Waals surface area (Å²) in [5.74, 6) is 6.21. The van der Waals surface area contributed by atoms with Gasteiger partial charge in [0.2, 0.25) is 0 Å². The summed E-state index contributed by atoms with van der Waals surface area (Å²) >= 11 is 0. The van der Waals surface area contributed by atoms with E-state index < -0.39 is 0 Å². The molecule has 3 unspecified atom stereocenters. The predicted octanol–water partition coefficient (Wildman–Crippen LogP) is 3.50. The molecule has 3 atom stereocenters. The first-order valence-corrected chi connectivity index (χ1v) is 7.88. The highest BCUT2D eigenvalue weighted by Gasteiger charge is 2.50. The van der Waals surface area contributed by atoms with Crippen LogP contribution in [0.1, 0.15) is 51.9 Å². The lowest BCUT2D eigenvalue weighted by Gasteiger charge is -2.57. The monoisotopic (exact) mass is 232 g/mol. The first kappa shape index (κ1) is 10.8. The van der Waals surface area contributed by atoms with Crippen molar-refractivity contribution in [3.63, 3.8) is 0 Å². The fourth-order valence-electron chi connectivity index (χ4n) is 5.47. The number of hydrogen-bond donors (Lipinski definition) is 0. The Morgan fingerprint density at radius 1 is 0.941 bits per heavy atom. The van der Waals surface area contributed by atoms with E-state index in [0.717, 1.165) is 29.7 Å². The standard InChI is InChI=1S/C16H26N/c1-11-2-4-17(5-3-11)16-14-7-12-6-13(9-14)10-15(16)8-12/h11-14,16H,2-10H2,1H3. The molecule has 0 aromatic carbocycles. The van der Waals surface area contributed by atoms with Crippen molar-refractivity contribution >= 4 is 0 Å². The molecule has 1 aliphatic heterocycles. The van der Waals surface area contributed by atoms with Gasteiger partial charge in [-0.05, 0) is 87.6 Å². The molecule has 5 fully saturated rings. The SMILES string of the molecule is CC1CCN(C2[C]3CC4CC(C3)CC2C4)CC1. The molecule has 4 aliphatic carbocycles. The molecule has 0 amide bonds. The van der Waals surface area contributed by atoms with E-state index >= 15 is 0 Å². The van der Waals surface area contributed by atoms with E-state index in [0.29, 0.717) is 0 Å². The Labute approximate surface area is 106 Å². The summed E-state index contributed by atoms with van der Waals surface area (Å²) in [7, 11) is 0. The molecule has 0 aromatic heterocycles. The Morgan fingerprint density at radius 2 is 1.59 bits per heavy atom. The third kappa shape index (κ3) is 1.77. The number of piperidine rings is 1. The van der Waals surface area contributed by atoms with Crippen molar-refractivity contribution in [3.8, 4) is 0 Å². The minimum Gasteiger partial charge on any atom is -0.300 e. The fraction of sp³-hybridized carbons (Fsp3) is 0.938. The minimum absolute atomic E-state index is 0.926. The van der Waals surface area contributed by atoms with E-state index in [1.165, 1.54) is 38.8 Å². The third-order valence-electron chi connectivity index (χ3n) is 6.12. The van der Waals surface area contributed by atoms with Crippen LogP contribution in [-0.4, -0.2) is 24.0 Å². The van der Waals surface area contributed by atoms with Crippen LogP contribution in [-0.2, 0) is 0 Å². The van der Waals surface area contributed by atoms with Crippen molar-refractivity contribution < 1.29 is 0 Å². The molecule has 5 aliphatic rings. The lowest BCUT2D eigenvalue weighted by atomic mass is 9.53. The van der Waals surface area contributed by atoms with E-state index in [1.807, 2.05) is 5.92 Å². The van der Waals surface area contributed by atoms with Crippen molar-refractivity contribution in [2.24, 2.45) is 23.7 Å². The molecule has 4 bridgehead atoms. The second-order valence-electron chi connectivity index (χ2n) is 7.43. The van der Waals surface area contributed by atoms with Crippen LogP contribution in [0.25, 0.3) is 0 Å². The molecule has 0 aromatic rings. The number of rotatable bonds is 1. The predicted molar refractivity (Wildman–Crippen MR) is 70.6 cm³/mol. The molecule has 1 heteroatoms. The van der Waals surface area contributed by atoms with Crippen LogP contribution >= 0.6 is 0 Å². The van der Waals surface area contributed by atoms with Gasteiger partial charge in [-0.2, -0.15) is 0 Å². The zero-order chi connectivity index (χ0) is 11.4. The molecule has 17 heavy (non-hydrogen) atoms. The van der Waals surface area contributed by atoms with Gasteiger partial charge in [0.15, 0.2) is 0 Å². The number of likely N-dealkylation sites (tertiary alicyclic amines) is 1. The van der Waals surface area contributed by atoms with Gasteiger partial charge in [-0.25, -0.2) is 0 Å². The van der Waals surface area contributed by atoms with Crippen LogP contribution in [0.15, 0.2) is 0 Å². The summed E-state index contributed by atoms with van der Waals surface area (Å²) in [5, 5.41) is 0. The Balaban J connectivity index is 1.50. The van der Waals surface area contributed by atoms with Crippen molar-refractivity contribution in [1.29, 1.82) is 0 Å². The average molecular weight is 232 g/mol. The van der Waals surface area contributed by atoms with E-state index in [9.17, 15) is 0 Å². The van der Waals surface area contributed by atoms with Gasteiger partial charge < -0.3 is 0 Å². The second-order valence-corrected chi connectivity index (χ2v) is 7.43. The van der Waals surface area contributed by atoms with Gasteiger partial charge in [-0.15, -0.1) is 0 Å². The fourth-order valence-corrected chi connectivity index (χ4v) is 5.47. The summed E-state index contributed by atoms with van der Waals surface area (Å²) in [6.45, 7) is 5.21. The molecule has 1 radical (unpaired) electrons. The first-order valence-electron chi connectivity index (χ1n) is 7.88. The maximum Gasteiger partial charge on any atom is 0.0186 e. The molecule has 1 heterocycles. The lowest BCUT2D eigenvalue weighted by Crippen LogP contribution is -2.56. The average Bonchev–Trinajstić information content (AvgIpc) is 2.30. The molecule has 5 rings (SSSR count). The second kappa shape index (κ2) is 3.98. The highest BCUT2D eigenvalue weighted by molar-refractivity contribution is 5.17. The summed E-state index contributed by atoms with van der Waals surface area (Å²) < 4.78 is 0. The quantitative estimate of drug-likeness (QED) is 0.669. The van der Waals surface area contributed by atoms with Gasteiger partial charge >= 0.3 is 0 Å². The van der Waals surface area contributed by atoms with Gasteiger partial charge in [0, 0.05) is 6.04 Å². The maximum absolute atomic E-state index is 2.87. The van der Waals surface area contributed by atoms with Crippen LogP contribution in [0.3, 0.4) is 0 Å². The third-order valence-corrected chi connectivity index (χ3v) is 6.12. The summed E-state index contributed by atoms with van der Waals surface area (Å²) in [5.41, 5.74) is 0. The van der Waals surface area contributed by atoms with Gasteiger partial charge in [-0.1, -0.05) is 6.92 Å². The van der Waals surface area contributed by atoms with Crippen LogP contribution in [0, 0.1) is 29.6 Å². The number of nitrogens with zero attached hydrogens (tertiary/aromatic N) is 1. The Bertz CT molecular complexity index is 262. The summed E-state index contributed by atoms with van der Waals surface area (Å²) in [6.07, 6.45) is 10.6. The Morgan fingerprint density at radius 3 is 2.18 bits per heavy atom. The molecule has 0 N–H and O–H groups in total. The summed E-state index contributed by atoms with van der Waals surface area (Å²) in [6, 6.07) is 0.926. The molecule has 0 spiro atoms. The highest BCUT2D eigenvalue weighted by Crippen LogP contribution is 2.56. The topological polar surface area (TPSA) is 3.24 Å². The molecular formula is C16H26N. The van der Waals surface area contributed by atoms with Crippen molar-refractivity contribution in [2.45, 2.75) is 57.9 Å². The van der Waals surface area contributed by atoms with Crippen molar-refractivity contribution in [1.82, 2.24) is 4.90 Å². The lowest BCUT2D eigenvalue weighted by molar-refractivity contribution is -0.00802. The molecule has 95 valence electrons. The van der Waals surface area contributed by atoms with E-state index in [1.54, 1.807) is 19.3 Å². The van der Waals surface area contributed by atoms with Crippen LogP contribution in [0.5, 0.6) is 0 Å². The molecule has 4 saturated carbocycles. The van der Waals surface area contributed by atoms with Gasteiger partial charge in [-0.3, -0.25) is 4.90 Å². The van der Waals surface area contributed by atoms with E-state index in [-0.39, 0.29) is 0 Å². The minimum atomic E-state index is 0.926. The first-order chi connectivity index (χ1) is 8.29. The summed E-state index contributed by atoms with van der Waals surface area (Å²) in [4.78, 5) is 2.87. The number of hydrogen-bond acceptors (Lipinski definition) is 1. The maximum atomic E-state index is 2.87. The van der Waals surface area contributed by atoms with E-state index in [2.05, 4.69) is 11.8 Å². The van der Waals surface area contributed by atoms with Crippen LogP contribution in [0.2, 0.25) is 0 Å². The highest BCUT2D eigenvalue weighted by atomic mass is 15.2. The van der Waals surface area contributed by atoms with Crippen molar-refractivity contribution in [3.05, 3.63) is 5.92 Å². The van der Waals surface area contributed by atoms with Crippen LogP contribution < -0.4 is 0 Å². The smallest absolute Gasteiger partial charge is 0.0186 e. The zero-order valence-electron chi connectivity index (χ0n) is 11.2. The largest absolute Gasteiger partial charge is 0.300 e. The van der Waals surface area contributed by atoms with Gasteiger partial charge in [0.1, 0.15) is 0 Å².